The van der Waals surface area contributed by atoms with Gasteiger partial charge in [-0.1, -0.05) is 85.0 Å². The van der Waals surface area contributed by atoms with Gasteiger partial charge in [0.2, 0.25) is 11.8 Å². The van der Waals surface area contributed by atoms with Crippen LogP contribution in [0.3, 0.4) is 0 Å². The lowest BCUT2D eigenvalue weighted by Crippen LogP contribution is -2.60. The van der Waals surface area contributed by atoms with Crippen molar-refractivity contribution < 1.29 is 19.1 Å². The molecule has 0 unspecified atom stereocenters. The molecule has 6 nitrogen and oxygen atoms in total. The minimum Gasteiger partial charge on any atom is -0.464 e. The Morgan fingerprint density at radius 1 is 0.971 bits per heavy atom. The lowest BCUT2D eigenvalue weighted by molar-refractivity contribution is -0.155. The zero-order chi connectivity index (χ0) is 25.1. The maximum absolute atomic E-state index is 14.0. The van der Waals surface area contributed by atoms with E-state index in [1.165, 1.54) is 6.92 Å². The summed E-state index contributed by atoms with van der Waals surface area (Å²) >= 11 is 0. The number of nitrogens with one attached hydrogen (secondary N) is 1. The molecule has 0 saturated carbocycles. The van der Waals surface area contributed by atoms with Gasteiger partial charge in [0.05, 0.1) is 6.61 Å². The first-order valence-corrected chi connectivity index (χ1v) is 12.1. The Bertz CT molecular complexity index is 995. The third-order valence-corrected chi connectivity index (χ3v) is 6.05. The first-order chi connectivity index (χ1) is 16.9. The summed E-state index contributed by atoms with van der Waals surface area (Å²) in [7, 11) is 0. The van der Waals surface area contributed by atoms with Crippen LogP contribution in [0.15, 0.2) is 72.8 Å². The van der Waals surface area contributed by atoms with E-state index >= 15 is 0 Å². The average molecular weight is 475 g/mol. The fourth-order valence-corrected chi connectivity index (χ4v) is 4.44. The molecule has 0 radical (unpaired) electrons. The summed E-state index contributed by atoms with van der Waals surface area (Å²) in [5.41, 5.74) is 0.779. The highest BCUT2D eigenvalue weighted by Crippen LogP contribution is 2.28. The second-order valence-corrected chi connectivity index (χ2v) is 8.71. The molecule has 6 heteroatoms. The molecule has 2 aromatic rings. The van der Waals surface area contributed by atoms with Crippen LogP contribution in [0.1, 0.15) is 50.7 Å². The number of nitrogens with zero attached hydrogens (tertiary/aromatic N) is 1. The Morgan fingerprint density at radius 2 is 1.51 bits per heavy atom. The quantitative estimate of drug-likeness (QED) is 0.510. The van der Waals surface area contributed by atoms with E-state index in [-0.39, 0.29) is 31.3 Å². The van der Waals surface area contributed by atoms with E-state index in [9.17, 15) is 14.4 Å². The molecule has 1 aliphatic heterocycles. The van der Waals surface area contributed by atoms with Crippen LogP contribution in [0.25, 0.3) is 12.2 Å². The van der Waals surface area contributed by atoms with Crippen LogP contribution in [0.5, 0.6) is 0 Å². The number of carbonyl (C=O) groups is 3. The molecule has 1 saturated heterocycles. The zero-order valence-corrected chi connectivity index (χ0v) is 20.5. The Hall–Kier alpha value is -3.67. The average Bonchev–Trinajstić information content (AvgIpc) is 3.35. The van der Waals surface area contributed by atoms with Crippen LogP contribution in [0, 0.1) is 0 Å². The van der Waals surface area contributed by atoms with Crippen molar-refractivity contribution in [1.29, 1.82) is 0 Å². The highest BCUT2D eigenvalue weighted by molar-refractivity contribution is 5.94. The van der Waals surface area contributed by atoms with Gasteiger partial charge in [0.25, 0.3) is 0 Å². The van der Waals surface area contributed by atoms with Gasteiger partial charge in [-0.3, -0.25) is 9.59 Å². The molecule has 0 spiro atoms. The summed E-state index contributed by atoms with van der Waals surface area (Å²) in [4.78, 5) is 40.5. The molecule has 0 bridgehead atoms. The lowest BCUT2D eigenvalue weighted by Gasteiger charge is -2.37. The summed E-state index contributed by atoms with van der Waals surface area (Å²) in [5.74, 6) is -0.958. The monoisotopic (exact) mass is 474 g/mol. The summed E-state index contributed by atoms with van der Waals surface area (Å²) in [6, 6.07) is 19.0. The van der Waals surface area contributed by atoms with E-state index in [0.29, 0.717) is 19.4 Å². The smallest absolute Gasteiger partial charge is 0.328 e. The number of likely N-dealkylation sites (tertiary alicyclic amines) is 1. The van der Waals surface area contributed by atoms with Gasteiger partial charge in [-0.15, -0.1) is 0 Å². The van der Waals surface area contributed by atoms with Gasteiger partial charge in [0.15, 0.2) is 0 Å². The van der Waals surface area contributed by atoms with Crippen molar-refractivity contribution in [3.8, 4) is 0 Å². The predicted molar refractivity (Wildman–Crippen MR) is 138 cm³/mol. The minimum atomic E-state index is -1.22. The van der Waals surface area contributed by atoms with Gasteiger partial charge in [-0.2, -0.15) is 0 Å². The second kappa shape index (κ2) is 12.7. The number of hydrogen-bond acceptors (Lipinski definition) is 4. The number of esters is 1. The van der Waals surface area contributed by atoms with Crippen LogP contribution < -0.4 is 5.32 Å². The van der Waals surface area contributed by atoms with Gasteiger partial charge in [-0.25, -0.2) is 4.79 Å². The van der Waals surface area contributed by atoms with Gasteiger partial charge < -0.3 is 15.0 Å². The summed E-state index contributed by atoms with van der Waals surface area (Å²) in [6.07, 6.45) is 9.54. The third-order valence-electron chi connectivity index (χ3n) is 6.05. The van der Waals surface area contributed by atoms with Crippen molar-refractivity contribution in [3.63, 3.8) is 0 Å². The molecule has 0 aliphatic carbocycles. The highest BCUT2D eigenvalue weighted by Gasteiger charge is 2.45. The number of carbonyl (C=O) groups excluding carboxylic acids is 3. The molecule has 1 N–H and O–H groups in total. The molecule has 0 aromatic heterocycles. The van der Waals surface area contributed by atoms with Crippen LogP contribution in [0.2, 0.25) is 0 Å². The van der Waals surface area contributed by atoms with Crippen LogP contribution in [-0.4, -0.2) is 47.4 Å². The van der Waals surface area contributed by atoms with Crippen molar-refractivity contribution >= 4 is 29.9 Å². The highest BCUT2D eigenvalue weighted by atomic mass is 16.5. The largest absolute Gasteiger partial charge is 0.464 e. The molecular formula is C29H34N2O4. The molecule has 1 atom stereocenters. The number of benzene rings is 2. The van der Waals surface area contributed by atoms with Crippen LogP contribution >= 0.6 is 0 Å². The Kier molecular flexibility index (Phi) is 9.41. The maximum atomic E-state index is 14.0. The number of rotatable bonds is 10. The molecule has 2 aromatic carbocycles. The van der Waals surface area contributed by atoms with Gasteiger partial charge >= 0.3 is 5.97 Å². The van der Waals surface area contributed by atoms with E-state index < -0.39 is 17.6 Å². The summed E-state index contributed by atoms with van der Waals surface area (Å²) < 4.78 is 5.23. The first-order valence-electron chi connectivity index (χ1n) is 12.1. The standard InChI is InChI=1S/C29H34N2O4/c1-3-35-27(33)26-19-12-22-31(26)28(34)29(30-23(2)32,20-10-17-24-13-6-4-7-14-24)21-11-18-25-15-8-5-9-16-25/h4-11,13-18,26H,3,12,19-22H2,1-2H3,(H,30,32)/b17-10+,18-11+/t26-/m0/s1. The van der Waals surface area contributed by atoms with Gasteiger partial charge in [-0.05, 0) is 43.7 Å². The molecule has 35 heavy (non-hydrogen) atoms. The van der Waals surface area contributed by atoms with Gasteiger partial charge in [0, 0.05) is 13.5 Å². The van der Waals surface area contributed by atoms with Crippen LogP contribution in [-0.2, 0) is 19.1 Å². The summed E-state index contributed by atoms with van der Waals surface area (Å²) in [5, 5.41) is 2.95. The second-order valence-electron chi connectivity index (χ2n) is 8.71. The lowest BCUT2D eigenvalue weighted by atomic mass is 9.87. The first kappa shape index (κ1) is 25.9. The Labute approximate surface area is 207 Å². The van der Waals surface area contributed by atoms with E-state index in [2.05, 4.69) is 5.32 Å². The third kappa shape index (κ3) is 7.15. The number of hydrogen-bond donors (Lipinski definition) is 1. The maximum Gasteiger partial charge on any atom is 0.328 e. The molecule has 184 valence electrons. The van der Waals surface area contributed by atoms with Crippen LogP contribution in [0.4, 0.5) is 0 Å². The van der Waals surface area contributed by atoms with Crippen molar-refractivity contribution in [2.24, 2.45) is 0 Å². The topological polar surface area (TPSA) is 75.7 Å². The van der Waals surface area contributed by atoms with E-state index in [1.807, 2.05) is 85.0 Å². The van der Waals surface area contributed by atoms with E-state index in [0.717, 1.165) is 11.1 Å². The Morgan fingerprint density at radius 3 is 2.00 bits per heavy atom. The molecule has 3 rings (SSSR count). The van der Waals surface area contributed by atoms with E-state index in [4.69, 9.17) is 4.74 Å². The SMILES string of the molecule is CCOC(=O)[C@@H]1CCCN1C(=O)C(C/C=C/c1ccccc1)(C/C=C/c1ccccc1)NC(C)=O. The molecular weight excluding hydrogens is 440 g/mol. The van der Waals surface area contributed by atoms with Crippen molar-refractivity contribution in [2.75, 3.05) is 13.2 Å². The number of amides is 2. The Balaban J connectivity index is 1.93. The minimum absolute atomic E-state index is 0.258. The van der Waals surface area contributed by atoms with Gasteiger partial charge in [0.1, 0.15) is 11.6 Å². The molecule has 1 heterocycles. The van der Waals surface area contributed by atoms with Crippen molar-refractivity contribution in [3.05, 3.63) is 83.9 Å². The molecule has 1 aliphatic rings. The normalized spacial score (nSPS) is 16.1. The van der Waals surface area contributed by atoms with Crippen molar-refractivity contribution in [1.82, 2.24) is 10.2 Å². The predicted octanol–water partition coefficient (Wildman–Crippen LogP) is 4.62. The number of ether oxygens (including phenoxy) is 1. The fourth-order valence-electron chi connectivity index (χ4n) is 4.44. The molecule has 1 fully saturated rings. The van der Waals surface area contributed by atoms with Crippen molar-refractivity contribution in [2.45, 2.75) is 51.1 Å². The van der Waals surface area contributed by atoms with E-state index in [1.54, 1.807) is 11.8 Å². The molecule has 2 amide bonds. The summed E-state index contributed by atoms with van der Waals surface area (Å²) in [6.45, 7) is 3.88. The zero-order valence-electron chi connectivity index (χ0n) is 20.5. The fraction of sp³-hybridized carbons (Fsp3) is 0.345.